The first-order chi connectivity index (χ1) is 3.81. The van der Waals surface area contributed by atoms with Gasteiger partial charge in [-0.1, -0.05) is 0 Å². The summed E-state index contributed by atoms with van der Waals surface area (Å²) in [6.45, 7) is 0.165. The van der Waals surface area contributed by atoms with Gasteiger partial charge < -0.3 is 9.47 Å². The topological polar surface area (TPSA) is 54.0 Å². The van der Waals surface area contributed by atoms with Crippen molar-refractivity contribution in [2.24, 2.45) is 0 Å². The molecular weight excluding hydrogens is 116 g/mol. The normalized spacial score (nSPS) is 29.8. The summed E-state index contributed by atoms with van der Waals surface area (Å²) < 4.78 is 8.71. The maximum atomic E-state index is 9.93. The quantitative estimate of drug-likeness (QED) is 0.325. The van der Waals surface area contributed by atoms with E-state index in [9.17, 15) is 4.79 Å². The van der Waals surface area contributed by atoms with Gasteiger partial charge in [0.15, 0.2) is 6.61 Å². The van der Waals surface area contributed by atoms with Crippen LogP contribution in [0.25, 0.3) is 0 Å². The molecule has 2 heterocycles. The molecule has 0 bridgehead atoms. The Labute approximate surface area is 44.0 Å². The molecule has 2 fully saturated rings. The number of ether oxygens (including phenoxy) is 2. The maximum absolute atomic E-state index is 9.93. The molecule has 44 valence electrons. The summed E-state index contributed by atoms with van der Waals surface area (Å²) in [4.78, 5) is 18.4. The second-order valence-electron chi connectivity index (χ2n) is 1.48. The minimum atomic E-state index is -1.16. The summed E-state index contributed by atoms with van der Waals surface area (Å²) in [6.07, 6.45) is -0.715. The minimum Gasteiger partial charge on any atom is -0.361 e. The van der Waals surface area contributed by atoms with Crippen molar-refractivity contribution in [1.82, 2.24) is 0 Å². The van der Waals surface area contributed by atoms with Gasteiger partial charge in [-0.25, -0.2) is 9.68 Å². The first-order valence-corrected chi connectivity index (χ1v) is 2.03. The van der Waals surface area contributed by atoms with Crippen molar-refractivity contribution in [2.75, 3.05) is 6.61 Å². The lowest BCUT2D eigenvalue weighted by Crippen LogP contribution is -2.61. The maximum Gasteiger partial charge on any atom is 0.518 e. The third kappa shape index (κ3) is 0.308. The molecule has 2 rings (SSSR count). The second-order valence-corrected chi connectivity index (χ2v) is 1.48. The van der Waals surface area contributed by atoms with Crippen LogP contribution >= 0.6 is 0 Å². The van der Waals surface area contributed by atoms with Crippen LogP contribution in [0.5, 0.6) is 0 Å². The van der Waals surface area contributed by atoms with Gasteiger partial charge in [-0.3, -0.25) is 0 Å². The van der Waals surface area contributed by atoms with Gasteiger partial charge in [0.2, 0.25) is 0 Å². The van der Waals surface area contributed by atoms with Crippen molar-refractivity contribution >= 4 is 6.16 Å². The van der Waals surface area contributed by atoms with E-state index in [2.05, 4.69) is 19.2 Å². The molecule has 2 saturated heterocycles. The number of hydrogen-bond donors (Lipinski definition) is 0. The molecule has 0 aromatic heterocycles. The van der Waals surface area contributed by atoms with Crippen LogP contribution in [-0.4, -0.2) is 18.7 Å². The highest BCUT2D eigenvalue weighted by molar-refractivity contribution is 5.65. The van der Waals surface area contributed by atoms with Crippen LogP contribution in [0.15, 0.2) is 0 Å². The first-order valence-electron chi connectivity index (χ1n) is 2.03. The van der Waals surface area contributed by atoms with E-state index in [0.717, 1.165) is 0 Å². The fourth-order valence-electron chi connectivity index (χ4n) is 0.510. The highest BCUT2D eigenvalue weighted by Gasteiger charge is 2.59. The zero-order valence-corrected chi connectivity index (χ0v) is 3.75. The van der Waals surface area contributed by atoms with Crippen molar-refractivity contribution in [3.63, 3.8) is 0 Å². The minimum absolute atomic E-state index is 0.165. The van der Waals surface area contributed by atoms with E-state index in [1.807, 2.05) is 0 Å². The fraction of sp³-hybridized carbons (Fsp3) is 0.667. The molecule has 0 aromatic carbocycles. The van der Waals surface area contributed by atoms with Gasteiger partial charge in [0, 0.05) is 0 Å². The molecule has 5 nitrogen and oxygen atoms in total. The average Bonchev–Trinajstić information content (AvgIpc) is 1.51. The highest BCUT2D eigenvalue weighted by Crippen LogP contribution is 2.33. The molecular formula is C3H2O5. The average molecular weight is 118 g/mol. The molecule has 1 spiro atoms. The van der Waals surface area contributed by atoms with E-state index in [0.29, 0.717) is 0 Å². The van der Waals surface area contributed by atoms with Crippen LogP contribution < -0.4 is 0 Å². The van der Waals surface area contributed by atoms with Gasteiger partial charge in [-0.15, -0.1) is 4.89 Å². The van der Waals surface area contributed by atoms with E-state index < -0.39 is 12.1 Å². The smallest absolute Gasteiger partial charge is 0.361 e. The van der Waals surface area contributed by atoms with Crippen LogP contribution in [0.1, 0.15) is 0 Å². The Bertz CT molecular complexity index is 127. The van der Waals surface area contributed by atoms with Gasteiger partial charge in [0.1, 0.15) is 0 Å². The van der Waals surface area contributed by atoms with Crippen molar-refractivity contribution in [1.29, 1.82) is 0 Å². The molecule has 5 heteroatoms. The van der Waals surface area contributed by atoms with Crippen LogP contribution in [-0.2, 0) is 19.2 Å². The molecule has 0 aromatic rings. The molecule has 8 heavy (non-hydrogen) atoms. The Morgan fingerprint density at radius 1 is 1.50 bits per heavy atom. The largest absolute Gasteiger partial charge is 0.518 e. The third-order valence-electron chi connectivity index (χ3n) is 0.899. The summed E-state index contributed by atoms with van der Waals surface area (Å²) in [7, 11) is 0. The molecule has 0 unspecified atom stereocenters. The van der Waals surface area contributed by atoms with E-state index in [4.69, 9.17) is 0 Å². The Morgan fingerprint density at radius 2 is 2.12 bits per heavy atom. The molecule has 0 atom stereocenters. The van der Waals surface area contributed by atoms with E-state index in [1.165, 1.54) is 0 Å². The van der Waals surface area contributed by atoms with Gasteiger partial charge in [0.05, 0.1) is 0 Å². The summed E-state index contributed by atoms with van der Waals surface area (Å²) in [5.74, 6) is -1.16. The van der Waals surface area contributed by atoms with Gasteiger partial charge in [0.25, 0.3) is 0 Å². The monoisotopic (exact) mass is 118 g/mol. The van der Waals surface area contributed by atoms with Crippen LogP contribution in [0.3, 0.4) is 0 Å². The summed E-state index contributed by atoms with van der Waals surface area (Å²) in [5.41, 5.74) is 0. The Kier molecular flexibility index (Phi) is 0.492. The fourth-order valence-corrected chi connectivity index (χ4v) is 0.510. The molecule has 0 aliphatic carbocycles. The first kappa shape index (κ1) is 4.11. The molecule has 0 amide bonds. The zero-order chi connectivity index (χ0) is 5.61. The molecule has 2 aliphatic heterocycles. The predicted molar refractivity (Wildman–Crippen MR) is 17.3 cm³/mol. The number of carbonyl (C=O) groups excluding carboxylic acids is 1. The van der Waals surface area contributed by atoms with Gasteiger partial charge in [-0.05, 0) is 0 Å². The molecule has 0 radical (unpaired) electrons. The van der Waals surface area contributed by atoms with Gasteiger partial charge >= 0.3 is 12.1 Å². The Hall–Kier alpha value is -0.810. The van der Waals surface area contributed by atoms with Crippen LogP contribution in [0.2, 0.25) is 0 Å². The van der Waals surface area contributed by atoms with Crippen molar-refractivity contribution < 1.29 is 24.0 Å². The van der Waals surface area contributed by atoms with Crippen molar-refractivity contribution in [3.05, 3.63) is 0 Å². The zero-order valence-electron chi connectivity index (χ0n) is 3.75. The standard InChI is InChI=1S/C3H2O5/c4-2-6-3(7-2)1-5-8-3/h1H2. The van der Waals surface area contributed by atoms with E-state index in [1.54, 1.807) is 0 Å². The molecule has 0 N–H and O–H groups in total. The SMILES string of the molecule is O=C1OC2(COO2)O1. The third-order valence-corrected chi connectivity index (χ3v) is 0.899. The lowest BCUT2D eigenvalue weighted by molar-refractivity contribution is -0.619. The highest BCUT2D eigenvalue weighted by atomic mass is 17.3. The van der Waals surface area contributed by atoms with Gasteiger partial charge in [-0.2, -0.15) is 0 Å². The predicted octanol–water partition coefficient (Wildman–Crippen LogP) is -0.231. The number of carbonyl (C=O) groups is 1. The van der Waals surface area contributed by atoms with E-state index in [-0.39, 0.29) is 6.61 Å². The van der Waals surface area contributed by atoms with E-state index >= 15 is 0 Å². The lowest BCUT2D eigenvalue weighted by Gasteiger charge is -2.41. The molecule has 2 aliphatic rings. The summed E-state index contributed by atoms with van der Waals surface area (Å²) in [6, 6.07) is 0. The second kappa shape index (κ2) is 0.958. The molecule has 0 saturated carbocycles. The summed E-state index contributed by atoms with van der Waals surface area (Å²) >= 11 is 0. The van der Waals surface area contributed by atoms with Crippen molar-refractivity contribution in [2.45, 2.75) is 5.97 Å². The van der Waals surface area contributed by atoms with Crippen molar-refractivity contribution in [3.8, 4) is 0 Å². The van der Waals surface area contributed by atoms with Crippen LogP contribution in [0, 0.1) is 0 Å². The van der Waals surface area contributed by atoms with Crippen LogP contribution in [0.4, 0.5) is 4.79 Å². The summed E-state index contributed by atoms with van der Waals surface area (Å²) in [5, 5.41) is 0. The Balaban J connectivity index is 2.01. The lowest BCUT2D eigenvalue weighted by atomic mass is 10.5. The number of hydrogen-bond acceptors (Lipinski definition) is 5. The Morgan fingerprint density at radius 3 is 2.25 bits per heavy atom. The number of rotatable bonds is 0.